The van der Waals surface area contributed by atoms with Gasteiger partial charge < -0.3 is 15.2 Å². The number of imide groups is 1. The van der Waals surface area contributed by atoms with E-state index in [4.69, 9.17) is 5.11 Å². The second-order valence-electron chi connectivity index (χ2n) is 5.89. The summed E-state index contributed by atoms with van der Waals surface area (Å²) < 4.78 is 40.6. The SMILES string of the molecule is O=C(O)NC(CN1C(=O)c2ccccc2C1=O)c1ccc(OC(F)(F)F)cc1. The molecule has 0 fully saturated rings. The fourth-order valence-electron chi connectivity index (χ4n) is 2.87. The third-order valence-electron chi connectivity index (χ3n) is 4.06. The van der Waals surface area contributed by atoms with Gasteiger partial charge in [-0.3, -0.25) is 14.5 Å². The number of rotatable bonds is 5. The Bertz CT molecular complexity index is 893. The molecule has 7 nitrogen and oxygen atoms in total. The molecule has 28 heavy (non-hydrogen) atoms. The molecule has 0 spiro atoms. The van der Waals surface area contributed by atoms with Gasteiger partial charge in [0.15, 0.2) is 0 Å². The topological polar surface area (TPSA) is 95.9 Å². The smallest absolute Gasteiger partial charge is 0.465 e. The standard InChI is InChI=1S/C18H13F3N2O5/c19-18(20,21)28-11-7-5-10(6-8-11)14(22-17(26)27)9-23-15(24)12-3-1-2-4-13(12)16(23)25/h1-8,14,22H,9H2,(H,26,27). The van der Waals surface area contributed by atoms with Crippen LogP contribution >= 0.6 is 0 Å². The Morgan fingerprint density at radius 1 is 1.04 bits per heavy atom. The predicted octanol–water partition coefficient (Wildman–Crippen LogP) is 3.19. The van der Waals surface area contributed by atoms with Gasteiger partial charge in [0, 0.05) is 0 Å². The van der Waals surface area contributed by atoms with Gasteiger partial charge in [0.05, 0.1) is 23.7 Å². The first-order valence-electron chi connectivity index (χ1n) is 7.96. The van der Waals surface area contributed by atoms with Gasteiger partial charge in [-0.15, -0.1) is 13.2 Å². The molecule has 0 aliphatic carbocycles. The number of amides is 3. The number of carbonyl (C=O) groups is 3. The summed E-state index contributed by atoms with van der Waals surface area (Å²) in [6, 6.07) is 9.60. The van der Waals surface area contributed by atoms with Crippen molar-refractivity contribution in [3.8, 4) is 5.75 Å². The number of halogens is 3. The molecule has 2 N–H and O–H groups in total. The molecule has 10 heteroatoms. The number of fused-ring (bicyclic) bond motifs is 1. The lowest BCUT2D eigenvalue weighted by molar-refractivity contribution is -0.274. The lowest BCUT2D eigenvalue weighted by Gasteiger charge is -2.23. The maximum atomic E-state index is 12.5. The number of carboxylic acid groups (broad SMARTS) is 1. The van der Waals surface area contributed by atoms with Crippen molar-refractivity contribution in [1.82, 2.24) is 10.2 Å². The molecule has 1 heterocycles. The summed E-state index contributed by atoms with van der Waals surface area (Å²) in [5.74, 6) is -1.63. The molecule has 3 amide bonds. The van der Waals surface area contributed by atoms with Gasteiger partial charge in [0.1, 0.15) is 5.75 Å². The van der Waals surface area contributed by atoms with Crippen molar-refractivity contribution in [2.45, 2.75) is 12.4 Å². The van der Waals surface area contributed by atoms with Gasteiger partial charge in [0.25, 0.3) is 11.8 Å². The average molecular weight is 394 g/mol. The molecule has 0 bridgehead atoms. The Morgan fingerprint density at radius 3 is 2.04 bits per heavy atom. The summed E-state index contributed by atoms with van der Waals surface area (Å²) in [5.41, 5.74) is 0.666. The Balaban J connectivity index is 1.83. The fraction of sp³-hybridized carbons (Fsp3) is 0.167. The molecular weight excluding hydrogens is 381 g/mol. The van der Waals surface area contributed by atoms with Crippen LogP contribution in [0.4, 0.5) is 18.0 Å². The number of ether oxygens (including phenoxy) is 1. The second kappa shape index (κ2) is 7.22. The van der Waals surface area contributed by atoms with Crippen molar-refractivity contribution < 1.29 is 37.4 Å². The molecule has 0 saturated carbocycles. The largest absolute Gasteiger partial charge is 0.573 e. The molecular formula is C18H13F3N2O5. The number of hydrogen-bond donors (Lipinski definition) is 2. The fourth-order valence-corrected chi connectivity index (χ4v) is 2.87. The summed E-state index contributed by atoms with van der Waals surface area (Å²) >= 11 is 0. The van der Waals surface area contributed by atoms with Crippen molar-refractivity contribution in [2.24, 2.45) is 0 Å². The van der Waals surface area contributed by atoms with E-state index in [0.717, 1.165) is 17.0 Å². The van der Waals surface area contributed by atoms with Crippen LogP contribution in [0.5, 0.6) is 5.75 Å². The molecule has 1 atom stereocenters. The molecule has 2 aromatic rings. The zero-order chi connectivity index (χ0) is 20.5. The number of benzene rings is 2. The van der Waals surface area contributed by atoms with Gasteiger partial charge in [-0.05, 0) is 29.8 Å². The van der Waals surface area contributed by atoms with Crippen LogP contribution < -0.4 is 10.1 Å². The van der Waals surface area contributed by atoms with Gasteiger partial charge in [-0.1, -0.05) is 24.3 Å². The number of nitrogens with zero attached hydrogens (tertiary/aromatic N) is 1. The molecule has 1 unspecified atom stereocenters. The maximum absolute atomic E-state index is 12.5. The molecule has 1 aliphatic rings. The molecule has 3 rings (SSSR count). The van der Waals surface area contributed by atoms with Crippen molar-refractivity contribution >= 4 is 17.9 Å². The molecule has 146 valence electrons. The highest BCUT2D eigenvalue weighted by atomic mass is 19.4. The summed E-state index contributed by atoms with van der Waals surface area (Å²) in [6.45, 7) is -0.321. The van der Waals surface area contributed by atoms with Crippen molar-refractivity contribution in [3.05, 3.63) is 65.2 Å². The van der Waals surface area contributed by atoms with Crippen LogP contribution in [-0.4, -0.2) is 40.8 Å². The van der Waals surface area contributed by atoms with Crippen molar-refractivity contribution in [2.75, 3.05) is 6.54 Å². The van der Waals surface area contributed by atoms with Crippen LogP contribution in [0.3, 0.4) is 0 Å². The van der Waals surface area contributed by atoms with E-state index in [9.17, 15) is 27.6 Å². The summed E-state index contributed by atoms with van der Waals surface area (Å²) in [6.07, 6.45) is -6.28. The van der Waals surface area contributed by atoms with Gasteiger partial charge in [-0.2, -0.15) is 0 Å². The lowest BCUT2D eigenvalue weighted by Crippen LogP contribution is -2.40. The van der Waals surface area contributed by atoms with Crippen LogP contribution in [0.15, 0.2) is 48.5 Å². The first kappa shape index (κ1) is 19.2. The highest BCUT2D eigenvalue weighted by Crippen LogP contribution is 2.27. The van der Waals surface area contributed by atoms with E-state index in [1.807, 2.05) is 0 Å². The Morgan fingerprint density at radius 2 is 1.57 bits per heavy atom. The Labute approximate surface area is 156 Å². The minimum absolute atomic E-state index is 0.204. The molecule has 0 aromatic heterocycles. The summed E-state index contributed by atoms with van der Waals surface area (Å²) in [5, 5.41) is 11.2. The van der Waals surface area contributed by atoms with Gasteiger partial charge >= 0.3 is 12.5 Å². The van der Waals surface area contributed by atoms with Crippen LogP contribution in [0, 0.1) is 0 Å². The monoisotopic (exact) mass is 394 g/mol. The molecule has 2 aromatic carbocycles. The highest BCUT2D eigenvalue weighted by Gasteiger charge is 2.37. The predicted molar refractivity (Wildman–Crippen MR) is 88.8 cm³/mol. The lowest BCUT2D eigenvalue weighted by atomic mass is 10.1. The van der Waals surface area contributed by atoms with E-state index in [2.05, 4.69) is 10.1 Å². The van der Waals surface area contributed by atoms with Crippen LogP contribution in [0.25, 0.3) is 0 Å². The first-order valence-corrected chi connectivity index (χ1v) is 7.96. The number of alkyl halides is 3. The summed E-state index contributed by atoms with van der Waals surface area (Å²) in [7, 11) is 0. The van der Waals surface area contributed by atoms with Gasteiger partial charge in [0.2, 0.25) is 0 Å². The summed E-state index contributed by atoms with van der Waals surface area (Å²) in [4.78, 5) is 36.9. The van der Waals surface area contributed by atoms with Gasteiger partial charge in [-0.25, -0.2) is 4.79 Å². The second-order valence-corrected chi connectivity index (χ2v) is 5.89. The van der Waals surface area contributed by atoms with Crippen LogP contribution in [0.1, 0.15) is 32.3 Å². The third-order valence-corrected chi connectivity index (χ3v) is 4.06. The van der Waals surface area contributed by atoms with Crippen molar-refractivity contribution in [1.29, 1.82) is 0 Å². The van der Waals surface area contributed by atoms with Crippen LogP contribution in [0.2, 0.25) is 0 Å². The van der Waals surface area contributed by atoms with Crippen LogP contribution in [-0.2, 0) is 0 Å². The number of nitrogens with one attached hydrogen (secondary N) is 1. The first-order chi connectivity index (χ1) is 13.2. The minimum atomic E-state index is -4.86. The average Bonchev–Trinajstić information content (AvgIpc) is 2.85. The maximum Gasteiger partial charge on any atom is 0.573 e. The minimum Gasteiger partial charge on any atom is -0.465 e. The zero-order valence-corrected chi connectivity index (χ0v) is 14.1. The molecule has 0 radical (unpaired) electrons. The Kier molecular flexibility index (Phi) is 4.95. The third kappa shape index (κ3) is 4.05. The highest BCUT2D eigenvalue weighted by molar-refractivity contribution is 6.21. The van der Waals surface area contributed by atoms with E-state index in [-0.39, 0.29) is 23.2 Å². The van der Waals surface area contributed by atoms with E-state index in [1.165, 1.54) is 24.3 Å². The number of hydrogen-bond acceptors (Lipinski definition) is 4. The van der Waals surface area contributed by atoms with Crippen molar-refractivity contribution in [3.63, 3.8) is 0 Å². The normalized spacial score (nSPS) is 14.6. The van der Waals surface area contributed by atoms with E-state index < -0.39 is 36.1 Å². The molecule has 0 saturated heterocycles. The quantitative estimate of drug-likeness (QED) is 0.760. The van der Waals surface area contributed by atoms with E-state index in [0.29, 0.717) is 0 Å². The van der Waals surface area contributed by atoms with E-state index >= 15 is 0 Å². The zero-order valence-electron chi connectivity index (χ0n) is 14.1. The van der Waals surface area contributed by atoms with E-state index in [1.54, 1.807) is 12.1 Å². The number of carbonyl (C=O) groups excluding carboxylic acids is 2. The Hall–Kier alpha value is -3.56. The molecule has 1 aliphatic heterocycles.